The largest absolute Gasteiger partial charge is 0.484 e. The first-order valence-electron chi connectivity index (χ1n) is 8.90. The van der Waals surface area contributed by atoms with E-state index in [9.17, 15) is 9.59 Å². The van der Waals surface area contributed by atoms with Gasteiger partial charge in [-0.05, 0) is 48.7 Å². The second kappa shape index (κ2) is 9.97. The van der Waals surface area contributed by atoms with Gasteiger partial charge in [0.1, 0.15) is 11.8 Å². The van der Waals surface area contributed by atoms with Gasteiger partial charge in [-0.25, -0.2) is 0 Å². The van der Waals surface area contributed by atoms with Crippen LogP contribution in [-0.4, -0.2) is 36.4 Å². The summed E-state index contributed by atoms with van der Waals surface area (Å²) in [5.41, 5.74) is 2.07. The van der Waals surface area contributed by atoms with Crippen LogP contribution in [0.15, 0.2) is 48.5 Å². The zero-order valence-electron chi connectivity index (χ0n) is 15.9. The van der Waals surface area contributed by atoms with Crippen molar-refractivity contribution in [2.24, 2.45) is 0 Å². The van der Waals surface area contributed by atoms with E-state index >= 15 is 0 Å². The average molecular weight is 389 g/mol. The standard InChI is InChI=1S/C21H25ClN2O3/c1-4-19(21(26)23-3)24(13-16-8-6-5-7-15(16)2)20(25)14-27-18-11-9-17(22)10-12-18/h5-12,19H,4,13-14H2,1-3H3,(H,23,26)/t19-/m0/s1. The number of amides is 2. The molecule has 5 nitrogen and oxygen atoms in total. The maximum absolute atomic E-state index is 12.9. The topological polar surface area (TPSA) is 58.6 Å². The van der Waals surface area contributed by atoms with E-state index < -0.39 is 6.04 Å². The molecule has 2 aromatic carbocycles. The molecule has 0 aliphatic rings. The molecule has 0 saturated carbocycles. The van der Waals surface area contributed by atoms with Gasteiger partial charge >= 0.3 is 0 Å². The number of likely N-dealkylation sites (N-methyl/N-ethyl adjacent to an activating group) is 1. The summed E-state index contributed by atoms with van der Waals surface area (Å²) in [4.78, 5) is 26.8. The third-order valence-electron chi connectivity index (χ3n) is 4.41. The lowest BCUT2D eigenvalue weighted by Crippen LogP contribution is -2.49. The second-order valence-electron chi connectivity index (χ2n) is 6.23. The first-order chi connectivity index (χ1) is 13.0. The van der Waals surface area contributed by atoms with E-state index in [-0.39, 0.29) is 18.4 Å². The van der Waals surface area contributed by atoms with Crippen LogP contribution in [0.2, 0.25) is 5.02 Å². The highest BCUT2D eigenvalue weighted by Crippen LogP contribution is 2.18. The van der Waals surface area contributed by atoms with Crippen LogP contribution in [0, 0.1) is 6.92 Å². The Hall–Kier alpha value is -2.53. The predicted molar refractivity (Wildman–Crippen MR) is 107 cm³/mol. The molecule has 0 bridgehead atoms. The van der Waals surface area contributed by atoms with Crippen molar-refractivity contribution >= 4 is 23.4 Å². The maximum atomic E-state index is 12.9. The number of hydrogen-bond donors (Lipinski definition) is 1. The monoisotopic (exact) mass is 388 g/mol. The lowest BCUT2D eigenvalue weighted by Gasteiger charge is -2.30. The van der Waals surface area contributed by atoms with Gasteiger partial charge in [0.2, 0.25) is 5.91 Å². The molecule has 6 heteroatoms. The van der Waals surface area contributed by atoms with Crippen molar-refractivity contribution in [1.29, 1.82) is 0 Å². The number of halogens is 1. The van der Waals surface area contributed by atoms with Gasteiger partial charge in [0, 0.05) is 18.6 Å². The normalized spacial score (nSPS) is 11.6. The number of benzene rings is 2. The van der Waals surface area contributed by atoms with Gasteiger partial charge in [0.15, 0.2) is 6.61 Å². The number of hydrogen-bond acceptors (Lipinski definition) is 3. The number of rotatable bonds is 8. The number of aryl methyl sites for hydroxylation is 1. The molecule has 0 aromatic heterocycles. The van der Waals surface area contributed by atoms with Gasteiger partial charge in [-0.3, -0.25) is 9.59 Å². The Morgan fingerprint density at radius 3 is 2.41 bits per heavy atom. The Labute approximate surface area is 165 Å². The molecule has 144 valence electrons. The molecule has 0 saturated heterocycles. The van der Waals surface area contributed by atoms with Crippen LogP contribution < -0.4 is 10.1 Å². The predicted octanol–water partition coefficient (Wildman–Crippen LogP) is 3.58. The molecule has 0 unspecified atom stereocenters. The quantitative estimate of drug-likeness (QED) is 0.751. The van der Waals surface area contributed by atoms with Crippen LogP contribution in [0.5, 0.6) is 5.75 Å². The van der Waals surface area contributed by atoms with Crippen LogP contribution in [0.3, 0.4) is 0 Å². The SMILES string of the molecule is CC[C@@H](C(=O)NC)N(Cc1ccccc1C)C(=O)COc1ccc(Cl)cc1. The summed E-state index contributed by atoms with van der Waals surface area (Å²) < 4.78 is 5.60. The zero-order chi connectivity index (χ0) is 19.8. The smallest absolute Gasteiger partial charge is 0.261 e. The summed E-state index contributed by atoms with van der Waals surface area (Å²) in [5, 5.41) is 3.24. The number of nitrogens with zero attached hydrogens (tertiary/aromatic N) is 1. The minimum absolute atomic E-state index is 0.152. The first-order valence-corrected chi connectivity index (χ1v) is 9.28. The highest BCUT2D eigenvalue weighted by atomic mass is 35.5. The summed E-state index contributed by atoms with van der Waals surface area (Å²) in [5.74, 6) is 0.117. The number of ether oxygens (including phenoxy) is 1. The molecular weight excluding hydrogens is 364 g/mol. The lowest BCUT2D eigenvalue weighted by molar-refractivity contribution is -0.142. The third kappa shape index (κ3) is 5.73. The molecule has 0 heterocycles. The number of nitrogens with one attached hydrogen (secondary N) is 1. The van der Waals surface area contributed by atoms with Crippen LogP contribution in [-0.2, 0) is 16.1 Å². The Balaban J connectivity index is 2.19. The van der Waals surface area contributed by atoms with Gasteiger partial charge < -0.3 is 15.0 Å². The summed E-state index contributed by atoms with van der Waals surface area (Å²) in [6, 6.07) is 14.1. The number of carbonyl (C=O) groups is 2. The van der Waals surface area contributed by atoms with E-state index in [1.54, 1.807) is 36.2 Å². The number of carbonyl (C=O) groups excluding carboxylic acids is 2. The molecule has 0 aliphatic carbocycles. The molecule has 0 spiro atoms. The first kappa shape index (κ1) is 20.8. The molecule has 2 rings (SSSR count). The Morgan fingerprint density at radius 2 is 1.81 bits per heavy atom. The van der Waals surface area contributed by atoms with Gasteiger partial charge in [-0.15, -0.1) is 0 Å². The maximum Gasteiger partial charge on any atom is 0.261 e. The van der Waals surface area contributed by atoms with Crippen LogP contribution in [0.25, 0.3) is 0 Å². The fraction of sp³-hybridized carbons (Fsp3) is 0.333. The molecule has 1 atom stereocenters. The fourth-order valence-corrected chi connectivity index (χ4v) is 2.94. The average Bonchev–Trinajstić information content (AvgIpc) is 2.68. The van der Waals surface area contributed by atoms with E-state index in [1.807, 2.05) is 38.1 Å². The molecule has 0 radical (unpaired) electrons. The summed E-state index contributed by atoms with van der Waals surface area (Å²) in [6.45, 7) is 4.07. The van der Waals surface area contributed by atoms with Gasteiger partial charge in [0.05, 0.1) is 0 Å². The van der Waals surface area contributed by atoms with Crippen molar-refractivity contribution < 1.29 is 14.3 Å². The van der Waals surface area contributed by atoms with Gasteiger partial charge in [-0.1, -0.05) is 42.8 Å². The summed E-state index contributed by atoms with van der Waals surface area (Å²) >= 11 is 5.87. The Kier molecular flexibility index (Phi) is 7.67. The van der Waals surface area contributed by atoms with Gasteiger partial charge in [0.25, 0.3) is 5.91 Å². The van der Waals surface area contributed by atoms with Crippen molar-refractivity contribution in [3.8, 4) is 5.75 Å². The lowest BCUT2D eigenvalue weighted by atomic mass is 10.1. The molecule has 1 N–H and O–H groups in total. The van der Waals surface area contributed by atoms with Crippen molar-refractivity contribution in [3.05, 3.63) is 64.7 Å². The molecule has 2 aromatic rings. The van der Waals surface area contributed by atoms with Crippen LogP contribution in [0.1, 0.15) is 24.5 Å². The van der Waals surface area contributed by atoms with Crippen LogP contribution >= 0.6 is 11.6 Å². The van der Waals surface area contributed by atoms with Crippen LogP contribution in [0.4, 0.5) is 0 Å². The van der Waals surface area contributed by atoms with Crippen molar-refractivity contribution in [2.75, 3.05) is 13.7 Å². The van der Waals surface area contributed by atoms with E-state index in [0.717, 1.165) is 11.1 Å². The van der Waals surface area contributed by atoms with Gasteiger partial charge in [-0.2, -0.15) is 0 Å². The molecule has 0 aliphatic heterocycles. The minimum atomic E-state index is -0.559. The third-order valence-corrected chi connectivity index (χ3v) is 4.66. The highest BCUT2D eigenvalue weighted by Gasteiger charge is 2.28. The second-order valence-corrected chi connectivity index (χ2v) is 6.67. The molecule has 0 fully saturated rings. The summed E-state index contributed by atoms with van der Waals surface area (Å²) in [6.07, 6.45) is 0.512. The highest BCUT2D eigenvalue weighted by molar-refractivity contribution is 6.30. The van der Waals surface area contributed by atoms with E-state index in [2.05, 4.69) is 5.32 Å². The van der Waals surface area contributed by atoms with Crippen molar-refractivity contribution in [1.82, 2.24) is 10.2 Å². The Morgan fingerprint density at radius 1 is 1.15 bits per heavy atom. The Bertz CT molecular complexity index is 777. The molecular formula is C21H25ClN2O3. The molecule has 2 amide bonds. The van der Waals surface area contributed by atoms with Crippen molar-refractivity contribution in [2.45, 2.75) is 32.9 Å². The molecule has 27 heavy (non-hydrogen) atoms. The van der Waals surface area contributed by atoms with Crippen molar-refractivity contribution in [3.63, 3.8) is 0 Å². The zero-order valence-corrected chi connectivity index (χ0v) is 16.6. The van der Waals surface area contributed by atoms with E-state index in [1.165, 1.54) is 0 Å². The van der Waals surface area contributed by atoms with E-state index in [0.29, 0.717) is 23.7 Å². The minimum Gasteiger partial charge on any atom is -0.484 e. The van der Waals surface area contributed by atoms with E-state index in [4.69, 9.17) is 16.3 Å². The fourth-order valence-electron chi connectivity index (χ4n) is 2.82. The summed E-state index contributed by atoms with van der Waals surface area (Å²) in [7, 11) is 1.58.